The predicted molar refractivity (Wildman–Crippen MR) is 136 cm³/mol. The van der Waals surface area contributed by atoms with Crippen LogP contribution in [0.3, 0.4) is 0 Å². The maximum Gasteiger partial charge on any atom is 0.327 e. The summed E-state index contributed by atoms with van der Waals surface area (Å²) in [7, 11) is 0. The Morgan fingerprint density at radius 3 is 2.81 bits per heavy atom. The highest BCUT2D eigenvalue weighted by atomic mass is 35.5. The van der Waals surface area contributed by atoms with Gasteiger partial charge in [0, 0.05) is 42.1 Å². The fraction of sp³-hybridized carbons (Fsp3) is 0.240. The van der Waals surface area contributed by atoms with Crippen LogP contribution < -0.4 is 9.64 Å². The van der Waals surface area contributed by atoms with Crippen molar-refractivity contribution < 1.29 is 19.0 Å². The summed E-state index contributed by atoms with van der Waals surface area (Å²) >= 11 is 7.64. The smallest absolute Gasteiger partial charge is 0.327 e. The summed E-state index contributed by atoms with van der Waals surface area (Å²) in [5.41, 5.74) is 1.49. The highest BCUT2D eigenvalue weighted by Gasteiger charge is 2.40. The molecule has 2 aliphatic rings. The summed E-state index contributed by atoms with van der Waals surface area (Å²) in [5, 5.41) is 22.0. The largest absolute Gasteiger partial charge is 0.482 e. The fourth-order valence-corrected chi connectivity index (χ4v) is 5.73. The van der Waals surface area contributed by atoms with Gasteiger partial charge in [-0.15, -0.1) is 10.2 Å². The van der Waals surface area contributed by atoms with Crippen LogP contribution in [0.2, 0.25) is 5.02 Å². The third-order valence-corrected chi connectivity index (χ3v) is 7.73. The van der Waals surface area contributed by atoms with Crippen LogP contribution in [0.4, 0.5) is 9.52 Å². The van der Waals surface area contributed by atoms with E-state index in [0.717, 1.165) is 26.8 Å². The maximum atomic E-state index is 14.9. The van der Waals surface area contributed by atoms with E-state index in [9.17, 15) is 9.18 Å². The number of benzene rings is 2. The molecule has 188 valence electrons. The molecule has 2 aliphatic heterocycles. The first-order valence-corrected chi connectivity index (χ1v) is 12.8. The number of aromatic nitrogens is 5. The van der Waals surface area contributed by atoms with Crippen molar-refractivity contribution in [2.24, 2.45) is 0 Å². The number of thiazole rings is 1. The number of hydrogen-bond donors (Lipinski definition) is 1. The van der Waals surface area contributed by atoms with Crippen molar-refractivity contribution in [3.05, 3.63) is 76.7 Å². The molecule has 0 saturated carbocycles. The average molecular weight is 539 g/mol. The minimum atomic E-state index is -1.04. The monoisotopic (exact) mass is 538 g/mol. The van der Waals surface area contributed by atoms with E-state index in [0.29, 0.717) is 47.2 Å². The topological polar surface area (TPSA) is 106 Å². The Kier molecular flexibility index (Phi) is 5.88. The number of ether oxygens (including phenoxy) is 1. The van der Waals surface area contributed by atoms with E-state index < -0.39 is 11.6 Å². The molecule has 1 fully saturated rings. The van der Waals surface area contributed by atoms with Crippen LogP contribution in [0.5, 0.6) is 5.75 Å². The number of carboxylic acids is 1. The minimum Gasteiger partial charge on any atom is -0.482 e. The van der Waals surface area contributed by atoms with Crippen LogP contribution in [0.25, 0.3) is 16.3 Å². The van der Waals surface area contributed by atoms with Crippen LogP contribution in [-0.4, -0.2) is 55.0 Å². The Balaban J connectivity index is 1.24. The molecule has 2 aromatic carbocycles. The number of halogens is 2. The molecule has 6 rings (SSSR count). The second-order valence-electron chi connectivity index (χ2n) is 8.88. The lowest BCUT2D eigenvalue weighted by Gasteiger charge is -2.43. The number of anilines is 1. The molecule has 0 atom stereocenters. The summed E-state index contributed by atoms with van der Waals surface area (Å²) < 4.78 is 21.4. The first-order valence-electron chi connectivity index (χ1n) is 11.6. The first kappa shape index (κ1) is 23.6. The van der Waals surface area contributed by atoms with Crippen LogP contribution in [-0.2, 0) is 11.3 Å². The van der Waals surface area contributed by atoms with E-state index >= 15 is 0 Å². The van der Waals surface area contributed by atoms with E-state index in [2.05, 4.69) is 25.3 Å². The minimum absolute atomic E-state index is 0.329. The molecule has 1 spiro atoms. The molecule has 0 amide bonds. The van der Waals surface area contributed by atoms with Gasteiger partial charge in [-0.2, -0.15) is 4.80 Å². The number of para-hydroxylation sites is 1. The number of carboxylic acid groups (broad SMARTS) is 1. The Bertz CT molecular complexity index is 1530. The molecule has 12 heteroatoms. The molecule has 1 saturated heterocycles. The Labute approximate surface area is 219 Å². The molecule has 0 bridgehead atoms. The molecule has 9 nitrogen and oxygen atoms in total. The van der Waals surface area contributed by atoms with Crippen molar-refractivity contribution in [2.45, 2.75) is 25.0 Å². The lowest BCUT2D eigenvalue weighted by molar-refractivity contribution is -0.138. The molecule has 37 heavy (non-hydrogen) atoms. The molecule has 2 aromatic heterocycles. The van der Waals surface area contributed by atoms with Crippen molar-refractivity contribution in [1.29, 1.82) is 0 Å². The number of fused-ring (bicyclic) bond motifs is 1. The SMILES string of the molecule is O=C(O)Cn1nnc(-c2cnc(N3CCC4(C=C(c5cc(Cl)ccc5F)c5ccccc5O4)CC3)s2)n1. The zero-order chi connectivity index (χ0) is 25.6. The average Bonchev–Trinajstić information content (AvgIpc) is 3.55. The first-order chi connectivity index (χ1) is 17.9. The predicted octanol–water partition coefficient (Wildman–Crippen LogP) is 4.54. The standard InChI is InChI=1S/C25H20ClFN6O3S/c26-15-5-6-19(27)17(11-15)18-12-25(36-20-4-2-1-3-16(18)20)7-9-32(10-8-25)24-28-13-21(37-24)23-29-31-33(30-23)14-22(34)35/h1-6,11-13H,7-10,14H2,(H,34,35). The lowest BCUT2D eigenvalue weighted by Crippen LogP contribution is -2.48. The summed E-state index contributed by atoms with van der Waals surface area (Å²) in [6.45, 7) is 0.997. The van der Waals surface area contributed by atoms with Crippen molar-refractivity contribution in [3.8, 4) is 16.5 Å². The van der Waals surface area contributed by atoms with Crippen LogP contribution in [0.1, 0.15) is 24.0 Å². The molecule has 0 unspecified atom stereocenters. The highest BCUT2D eigenvalue weighted by Crippen LogP contribution is 2.45. The van der Waals surface area contributed by atoms with Gasteiger partial charge in [0.25, 0.3) is 0 Å². The third-order valence-electron chi connectivity index (χ3n) is 6.44. The van der Waals surface area contributed by atoms with Crippen LogP contribution in [0.15, 0.2) is 54.7 Å². The van der Waals surface area contributed by atoms with Gasteiger partial charge < -0.3 is 14.7 Å². The van der Waals surface area contributed by atoms with E-state index in [1.807, 2.05) is 30.3 Å². The van der Waals surface area contributed by atoms with E-state index in [1.165, 1.54) is 17.4 Å². The lowest BCUT2D eigenvalue weighted by atomic mass is 9.83. The second-order valence-corrected chi connectivity index (χ2v) is 10.3. The summed E-state index contributed by atoms with van der Waals surface area (Å²) in [4.78, 5) is 19.3. The number of tetrazole rings is 1. The van der Waals surface area contributed by atoms with Gasteiger partial charge in [0.15, 0.2) is 11.7 Å². The van der Waals surface area contributed by atoms with Gasteiger partial charge in [-0.1, -0.05) is 41.1 Å². The zero-order valence-corrected chi connectivity index (χ0v) is 20.9. The normalized spacial score (nSPS) is 16.3. The molecule has 4 aromatic rings. The molecule has 0 radical (unpaired) electrons. The third kappa shape index (κ3) is 4.56. The summed E-state index contributed by atoms with van der Waals surface area (Å²) in [6.07, 6.45) is 5.06. The number of rotatable bonds is 5. The number of carbonyl (C=O) groups is 1. The fourth-order valence-electron chi connectivity index (χ4n) is 4.66. The van der Waals surface area contributed by atoms with Gasteiger partial charge in [0.1, 0.15) is 17.2 Å². The molecular weight excluding hydrogens is 519 g/mol. The molecule has 1 N–H and O–H groups in total. The van der Waals surface area contributed by atoms with Crippen molar-refractivity contribution in [1.82, 2.24) is 25.2 Å². The van der Waals surface area contributed by atoms with Crippen molar-refractivity contribution in [2.75, 3.05) is 18.0 Å². The van der Waals surface area contributed by atoms with Crippen LogP contribution in [0, 0.1) is 5.82 Å². The number of piperidine rings is 1. The van der Waals surface area contributed by atoms with Crippen LogP contribution >= 0.6 is 22.9 Å². The van der Waals surface area contributed by atoms with Gasteiger partial charge in [-0.3, -0.25) is 4.79 Å². The molecule has 0 aliphatic carbocycles. The Hall–Kier alpha value is -3.83. The van der Waals surface area contributed by atoms with Crippen molar-refractivity contribution >= 4 is 39.6 Å². The van der Waals surface area contributed by atoms with Crippen molar-refractivity contribution in [3.63, 3.8) is 0 Å². The van der Waals surface area contributed by atoms with E-state index in [1.54, 1.807) is 18.3 Å². The number of aliphatic carboxylic acids is 1. The molecule has 4 heterocycles. The molecular formula is C25H20ClFN6O3S. The number of hydrogen-bond acceptors (Lipinski definition) is 8. The van der Waals surface area contributed by atoms with E-state index in [-0.39, 0.29) is 12.4 Å². The maximum absolute atomic E-state index is 14.9. The van der Waals surface area contributed by atoms with Gasteiger partial charge >= 0.3 is 5.97 Å². The van der Waals surface area contributed by atoms with Gasteiger partial charge in [-0.05, 0) is 41.1 Å². The van der Waals surface area contributed by atoms with Gasteiger partial charge in [0.2, 0.25) is 5.82 Å². The highest BCUT2D eigenvalue weighted by molar-refractivity contribution is 7.18. The summed E-state index contributed by atoms with van der Waals surface area (Å²) in [6, 6.07) is 12.3. The van der Waals surface area contributed by atoms with Gasteiger partial charge in [-0.25, -0.2) is 9.37 Å². The number of nitrogens with zero attached hydrogens (tertiary/aromatic N) is 6. The van der Waals surface area contributed by atoms with E-state index in [4.69, 9.17) is 21.4 Å². The quantitative estimate of drug-likeness (QED) is 0.395. The Morgan fingerprint density at radius 2 is 2.00 bits per heavy atom. The zero-order valence-electron chi connectivity index (χ0n) is 19.3. The summed E-state index contributed by atoms with van der Waals surface area (Å²) in [5.74, 6) is -0.315. The van der Waals surface area contributed by atoms with Gasteiger partial charge in [0.05, 0.1) is 11.1 Å². The Morgan fingerprint density at radius 1 is 1.19 bits per heavy atom. The second kappa shape index (κ2) is 9.24.